The Bertz CT molecular complexity index is 1110. The Kier molecular flexibility index (Phi) is 5.68. The van der Waals surface area contributed by atoms with Crippen LogP contribution in [0.1, 0.15) is 22.4 Å². The molecule has 0 saturated carbocycles. The zero-order chi connectivity index (χ0) is 20.1. The van der Waals surface area contributed by atoms with Gasteiger partial charge in [-0.3, -0.25) is 0 Å². The molecule has 0 saturated heterocycles. The van der Waals surface area contributed by atoms with Crippen LogP contribution in [0.5, 0.6) is 5.75 Å². The van der Waals surface area contributed by atoms with Gasteiger partial charge in [0.05, 0.1) is 5.69 Å². The molecule has 0 atom stereocenters. The second-order valence-corrected chi connectivity index (χ2v) is 7.47. The van der Waals surface area contributed by atoms with Crippen molar-refractivity contribution in [3.05, 3.63) is 107 Å². The van der Waals surface area contributed by atoms with Crippen LogP contribution in [0.15, 0.2) is 84.9 Å². The molecule has 4 nitrogen and oxygen atoms in total. The molecule has 0 amide bonds. The molecule has 2 aromatic carbocycles. The first-order valence-electron chi connectivity index (χ1n) is 9.29. The lowest BCUT2D eigenvalue weighted by Gasteiger charge is -2.14. The van der Waals surface area contributed by atoms with Crippen LogP contribution in [-0.2, 0) is 6.61 Å². The summed E-state index contributed by atoms with van der Waals surface area (Å²) in [7, 11) is 0. The Hall–Kier alpha value is -3.44. The summed E-state index contributed by atoms with van der Waals surface area (Å²) in [6, 6.07) is 22.1. The maximum Gasteiger partial charge on any atom is 0.188 e. The molecule has 0 aliphatic carbocycles. The average Bonchev–Trinajstić information content (AvgIpc) is 3.18. The molecule has 0 bridgehead atoms. The van der Waals surface area contributed by atoms with E-state index < -0.39 is 0 Å². The molecular weight excluding hydrogens is 378 g/mol. The molecule has 5 heteroatoms. The molecule has 0 radical (unpaired) electrons. The molecule has 0 aliphatic heterocycles. The van der Waals surface area contributed by atoms with Crippen molar-refractivity contribution in [1.29, 1.82) is 0 Å². The number of pyridine rings is 1. The highest BCUT2D eigenvalue weighted by atomic mass is 32.1. The van der Waals surface area contributed by atoms with Crippen LogP contribution in [0.3, 0.4) is 0 Å². The summed E-state index contributed by atoms with van der Waals surface area (Å²) in [5.41, 5.74) is 4.94. The minimum Gasteiger partial charge on any atom is -0.485 e. The minimum absolute atomic E-state index is 0.454. The highest BCUT2D eigenvalue weighted by molar-refractivity contribution is 7.13. The predicted molar refractivity (Wildman–Crippen MR) is 120 cm³/mol. The van der Waals surface area contributed by atoms with Crippen molar-refractivity contribution in [2.75, 3.05) is 5.32 Å². The molecule has 0 aliphatic rings. The monoisotopic (exact) mass is 399 g/mol. The van der Waals surface area contributed by atoms with Gasteiger partial charge in [0.2, 0.25) is 0 Å². The summed E-state index contributed by atoms with van der Waals surface area (Å²) < 4.78 is 6.14. The van der Waals surface area contributed by atoms with Gasteiger partial charge in [-0.1, -0.05) is 67.2 Å². The maximum absolute atomic E-state index is 6.14. The normalized spacial score (nSPS) is 10.5. The van der Waals surface area contributed by atoms with Crippen LogP contribution in [-0.4, -0.2) is 9.97 Å². The van der Waals surface area contributed by atoms with Crippen LogP contribution in [0.2, 0.25) is 0 Å². The summed E-state index contributed by atoms with van der Waals surface area (Å²) >= 11 is 1.54. The number of rotatable bonds is 7. The molecule has 1 N–H and O–H groups in total. The van der Waals surface area contributed by atoms with E-state index >= 15 is 0 Å². The third-order valence-corrected chi connectivity index (χ3v) is 5.28. The van der Waals surface area contributed by atoms with Gasteiger partial charge in [-0.15, -0.1) is 11.3 Å². The number of aromatic nitrogens is 2. The molecule has 0 spiro atoms. The Labute approximate surface area is 174 Å². The largest absolute Gasteiger partial charge is 0.485 e. The van der Waals surface area contributed by atoms with Crippen LogP contribution >= 0.6 is 11.3 Å². The molecule has 29 heavy (non-hydrogen) atoms. The van der Waals surface area contributed by atoms with E-state index in [1.807, 2.05) is 85.2 Å². The zero-order valence-electron chi connectivity index (χ0n) is 16.1. The molecule has 2 aromatic heterocycles. The van der Waals surface area contributed by atoms with E-state index in [9.17, 15) is 0 Å². The summed E-state index contributed by atoms with van der Waals surface area (Å²) in [6.45, 7) is 6.67. The van der Waals surface area contributed by atoms with Gasteiger partial charge in [0.15, 0.2) is 16.7 Å². The second kappa shape index (κ2) is 8.71. The molecule has 2 heterocycles. The highest BCUT2D eigenvalue weighted by Crippen LogP contribution is 2.32. The van der Waals surface area contributed by atoms with E-state index in [1.165, 1.54) is 11.3 Å². The average molecular weight is 400 g/mol. The van der Waals surface area contributed by atoms with Crippen LogP contribution in [0.25, 0.3) is 5.57 Å². The van der Waals surface area contributed by atoms with E-state index in [0.29, 0.717) is 18.2 Å². The highest BCUT2D eigenvalue weighted by Gasteiger charge is 2.12. The van der Waals surface area contributed by atoms with Crippen LogP contribution < -0.4 is 10.1 Å². The maximum atomic E-state index is 6.14. The minimum atomic E-state index is 0.454. The number of hydrogen-bond acceptors (Lipinski definition) is 5. The molecule has 4 aromatic rings. The summed E-state index contributed by atoms with van der Waals surface area (Å²) in [4.78, 5) is 9.08. The van der Waals surface area contributed by atoms with Gasteiger partial charge in [0.1, 0.15) is 6.61 Å². The molecule has 0 unspecified atom stereocenters. The summed E-state index contributed by atoms with van der Waals surface area (Å²) in [5.74, 6) is 1.30. The van der Waals surface area contributed by atoms with E-state index in [0.717, 1.165) is 33.1 Å². The first-order valence-corrected chi connectivity index (χ1v) is 10.2. The standard InChI is InChI=1S/C24H21N3OS/c1-17-16-29-24(26-17)27-23-22(28-15-19-9-5-3-6-10-19)13-21(14-25-23)18(2)20-11-7-4-8-12-20/h3-14,16H,2,15H2,1H3,(H,25,26,27). The first-order chi connectivity index (χ1) is 14.2. The van der Waals surface area contributed by atoms with Gasteiger partial charge in [-0.2, -0.15) is 0 Å². The fourth-order valence-electron chi connectivity index (χ4n) is 2.87. The predicted octanol–water partition coefficient (Wildman–Crippen LogP) is 6.23. The lowest BCUT2D eigenvalue weighted by atomic mass is 10.0. The van der Waals surface area contributed by atoms with Crippen molar-refractivity contribution in [3.63, 3.8) is 0 Å². The zero-order valence-corrected chi connectivity index (χ0v) is 16.9. The van der Waals surface area contributed by atoms with Gasteiger partial charge < -0.3 is 10.1 Å². The first kappa shape index (κ1) is 18.9. The number of ether oxygens (including phenoxy) is 1. The number of anilines is 2. The van der Waals surface area contributed by atoms with Gasteiger partial charge >= 0.3 is 0 Å². The van der Waals surface area contributed by atoms with Gasteiger partial charge in [-0.05, 0) is 29.7 Å². The molecular formula is C24H21N3OS. The van der Waals surface area contributed by atoms with E-state index in [2.05, 4.69) is 21.9 Å². The van der Waals surface area contributed by atoms with Crippen molar-refractivity contribution < 1.29 is 4.74 Å². The van der Waals surface area contributed by atoms with Crippen molar-refractivity contribution >= 4 is 27.9 Å². The van der Waals surface area contributed by atoms with Crippen molar-refractivity contribution in [2.24, 2.45) is 0 Å². The number of aryl methyl sites for hydroxylation is 1. The van der Waals surface area contributed by atoms with Crippen LogP contribution in [0, 0.1) is 6.92 Å². The van der Waals surface area contributed by atoms with Crippen molar-refractivity contribution in [2.45, 2.75) is 13.5 Å². The van der Waals surface area contributed by atoms with E-state index in [-0.39, 0.29) is 0 Å². The number of nitrogens with zero attached hydrogens (tertiary/aromatic N) is 2. The topological polar surface area (TPSA) is 47.0 Å². The molecule has 0 fully saturated rings. The summed E-state index contributed by atoms with van der Waals surface area (Å²) in [6.07, 6.45) is 1.81. The number of thiazole rings is 1. The van der Waals surface area contributed by atoms with Gasteiger partial charge in [-0.25, -0.2) is 9.97 Å². The lowest BCUT2D eigenvalue weighted by Crippen LogP contribution is -2.02. The Morgan fingerprint density at radius 3 is 2.45 bits per heavy atom. The lowest BCUT2D eigenvalue weighted by molar-refractivity contribution is 0.307. The quantitative estimate of drug-likeness (QED) is 0.400. The Morgan fingerprint density at radius 2 is 1.76 bits per heavy atom. The van der Waals surface area contributed by atoms with Crippen LogP contribution in [0.4, 0.5) is 10.9 Å². The smallest absolute Gasteiger partial charge is 0.188 e. The number of hydrogen-bond donors (Lipinski definition) is 1. The fraction of sp³-hybridized carbons (Fsp3) is 0.0833. The number of nitrogens with one attached hydrogen (secondary N) is 1. The Balaban J connectivity index is 1.63. The van der Waals surface area contributed by atoms with Crippen molar-refractivity contribution in [3.8, 4) is 5.75 Å². The Morgan fingerprint density at radius 1 is 1.03 bits per heavy atom. The SMILES string of the molecule is C=C(c1ccccc1)c1cnc(Nc2nc(C)cs2)c(OCc2ccccc2)c1. The van der Waals surface area contributed by atoms with Gasteiger partial charge in [0.25, 0.3) is 0 Å². The fourth-order valence-corrected chi connectivity index (χ4v) is 3.55. The molecule has 144 valence electrons. The van der Waals surface area contributed by atoms with E-state index in [1.54, 1.807) is 0 Å². The summed E-state index contributed by atoms with van der Waals surface area (Å²) in [5, 5.41) is 6.06. The number of benzene rings is 2. The van der Waals surface area contributed by atoms with Gasteiger partial charge in [0, 0.05) is 17.1 Å². The molecule has 4 rings (SSSR count). The van der Waals surface area contributed by atoms with Crippen molar-refractivity contribution in [1.82, 2.24) is 9.97 Å². The third-order valence-electron chi connectivity index (χ3n) is 4.40. The third kappa shape index (κ3) is 4.70. The second-order valence-electron chi connectivity index (χ2n) is 6.61. The van der Waals surface area contributed by atoms with E-state index in [4.69, 9.17) is 4.74 Å².